The molecule has 5 N–H and O–H groups in total. The maximum atomic E-state index is 13.5. The van der Waals surface area contributed by atoms with Gasteiger partial charge in [0.1, 0.15) is 24.1 Å². The number of rotatable bonds is 3. The van der Waals surface area contributed by atoms with Crippen LogP contribution < -0.4 is 11.1 Å². The second-order valence-electron chi connectivity index (χ2n) is 4.22. The van der Waals surface area contributed by atoms with E-state index in [1.165, 1.54) is 0 Å². The van der Waals surface area contributed by atoms with E-state index in [4.69, 9.17) is 15.6 Å². The number of aliphatic hydroxyl groups excluding tert-OH is 2. The number of nitrogens with zero attached hydrogens (tertiary/aromatic N) is 2. The summed E-state index contributed by atoms with van der Waals surface area (Å²) < 4.78 is 31.9. The Morgan fingerprint density at radius 1 is 1.53 bits per heavy atom. The molecule has 1 aliphatic heterocycles. The molecule has 7 nitrogen and oxygen atoms in total. The van der Waals surface area contributed by atoms with Crippen LogP contribution >= 0.6 is 0 Å². The van der Waals surface area contributed by atoms with Crippen molar-refractivity contribution in [3.05, 3.63) is 11.9 Å². The molecule has 9 heteroatoms. The number of anilines is 2. The lowest BCUT2D eigenvalue weighted by Gasteiger charge is -2.19. The van der Waals surface area contributed by atoms with Crippen molar-refractivity contribution < 1.29 is 23.7 Å². The Hall–Kier alpha value is -1.58. The molecule has 0 spiro atoms. The second-order valence-corrected chi connectivity index (χ2v) is 4.22. The van der Waals surface area contributed by atoms with Gasteiger partial charge in [-0.1, -0.05) is 0 Å². The third-order valence-electron chi connectivity index (χ3n) is 2.99. The predicted molar refractivity (Wildman–Crippen MR) is 61.5 cm³/mol. The van der Waals surface area contributed by atoms with Crippen molar-refractivity contribution in [2.45, 2.75) is 31.3 Å². The molecule has 0 saturated carbocycles. The van der Waals surface area contributed by atoms with E-state index in [0.29, 0.717) is 5.56 Å². The molecule has 2 rings (SSSR count). The first-order valence-electron chi connectivity index (χ1n) is 5.53. The highest BCUT2D eigenvalue weighted by Gasteiger charge is 2.58. The van der Waals surface area contributed by atoms with Gasteiger partial charge in [0.2, 0.25) is 0 Å². The van der Waals surface area contributed by atoms with Crippen LogP contribution in [0.2, 0.25) is 0 Å². The highest BCUT2D eigenvalue weighted by molar-refractivity contribution is 5.54. The molecule has 1 aromatic heterocycles. The summed E-state index contributed by atoms with van der Waals surface area (Å²) in [7, 11) is 0. The van der Waals surface area contributed by atoms with Crippen LogP contribution in [0, 0.1) is 6.92 Å². The van der Waals surface area contributed by atoms with E-state index >= 15 is 0 Å². The van der Waals surface area contributed by atoms with Crippen LogP contribution in [-0.2, 0) is 4.74 Å². The van der Waals surface area contributed by atoms with Crippen molar-refractivity contribution in [2.75, 3.05) is 17.7 Å². The number of nitrogen functional groups attached to an aromatic ring is 1. The Morgan fingerprint density at radius 2 is 2.21 bits per heavy atom. The Kier molecular flexibility index (Phi) is 3.52. The standard InChI is InChI=1S/C10H14F2N4O3/c1-4-7(13)14-3-15-8(4)16-9-6(18)10(11,12)5(2-17)19-9/h3,5-6,9,17-18H,2H2,1H3,(H3,13,14,15,16)/t5-,6+,9-/m1/s1. The SMILES string of the molecule is Cc1c(N)ncnc1N[C@@H]1O[C@H](CO)C(F)(F)[C@H]1O. The largest absolute Gasteiger partial charge is 0.393 e. The zero-order valence-corrected chi connectivity index (χ0v) is 10.0. The van der Waals surface area contributed by atoms with Crippen LogP contribution in [0.4, 0.5) is 20.4 Å². The highest BCUT2D eigenvalue weighted by Crippen LogP contribution is 2.36. The Labute approximate surface area is 107 Å². The van der Waals surface area contributed by atoms with Gasteiger partial charge in [-0.2, -0.15) is 0 Å². The van der Waals surface area contributed by atoms with E-state index in [2.05, 4.69) is 15.3 Å². The zero-order chi connectivity index (χ0) is 14.2. The Morgan fingerprint density at radius 3 is 2.79 bits per heavy atom. The fraction of sp³-hybridized carbons (Fsp3) is 0.600. The molecule has 1 saturated heterocycles. The van der Waals surface area contributed by atoms with Crippen molar-refractivity contribution >= 4 is 11.6 Å². The molecule has 106 valence electrons. The minimum atomic E-state index is -3.54. The van der Waals surface area contributed by atoms with Gasteiger partial charge in [-0.25, -0.2) is 18.7 Å². The van der Waals surface area contributed by atoms with Crippen molar-refractivity contribution in [1.82, 2.24) is 9.97 Å². The zero-order valence-electron chi connectivity index (χ0n) is 10.0. The van der Waals surface area contributed by atoms with Gasteiger partial charge in [-0.15, -0.1) is 0 Å². The summed E-state index contributed by atoms with van der Waals surface area (Å²) in [5, 5.41) is 20.9. The van der Waals surface area contributed by atoms with E-state index in [-0.39, 0.29) is 11.6 Å². The molecule has 19 heavy (non-hydrogen) atoms. The van der Waals surface area contributed by atoms with Crippen LogP contribution in [0.25, 0.3) is 0 Å². The molecule has 0 aromatic carbocycles. The minimum absolute atomic E-state index is 0.186. The summed E-state index contributed by atoms with van der Waals surface area (Å²) in [5.41, 5.74) is 6.01. The molecule has 0 radical (unpaired) electrons. The number of ether oxygens (including phenoxy) is 1. The lowest BCUT2D eigenvalue weighted by atomic mass is 10.1. The molecule has 3 atom stereocenters. The van der Waals surface area contributed by atoms with Gasteiger partial charge in [0.05, 0.1) is 6.61 Å². The number of nitrogens with one attached hydrogen (secondary N) is 1. The van der Waals surface area contributed by atoms with Gasteiger partial charge >= 0.3 is 5.92 Å². The summed E-state index contributed by atoms with van der Waals surface area (Å²) in [4.78, 5) is 7.56. The minimum Gasteiger partial charge on any atom is -0.393 e. The van der Waals surface area contributed by atoms with E-state index in [9.17, 15) is 13.9 Å². The maximum absolute atomic E-state index is 13.5. The normalized spacial score (nSPS) is 29.4. The fourth-order valence-corrected chi connectivity index (χ4v) is 1.76. The van der Waals surface area contributed by atoms with Gasteiger partial charge < -0.3 is 26.0 Å². The summed E-state index contributed by atoms with van der Waals surface area (Å²) in [5.74, 6) is -3.17. The van der Waals surface area contributed by atoms with Crippen molar-refractivity contribution in [3.8, 4) is 0 Å². The number of aliphatic hydroxyl groups is 2. The number of aromatic nitrogens is 2. The van der Waals surface area contributed by atoms with E-state index in [1.807, 2.05) is 0 Å². The molecule has 0 amide bonds. The van der Waals surface area contributed by atoms with Gasteiger partial charge in [0.15, 0.2) is 12.3 Å². The summed E-state index contributed by atoms with van der Waals surface area (Å²) in [6.45, 7) is 0.702. The molecular weight excluding hydrogens is 262 g/mol. The summed E-state index contributed by atoms with van der Waals surface area (Å²) >= 11 is 0. The quantitative estimate of drug-likeness (QED) is 0.588. The first kappa shape index (κ1) is 13.8. The number of hydrogen-bond donors (Lipinski definition) is 4. The Bertz CT molecular complexity index is 474. The van der Waals surface area contributed by atoms with Gasteiger partial charge in [-0.3, -0.25) is 0 Å². The van der Waals surface area contributed by atoms with Crippen molar-refractivity contribution in [2.24, 2.45) is 0 Å². The first-order valence-corrected chi connectivity index (χ1v) is 5.53. The van der Waals surface area contributed by atoms with Gasteiger partial charge in [0.25, 0.3) is 0 Å². The van der Waals surface area contributed by atoms with Gasteiger partial charge in [0, 0.05) is 5.56 Å². The average molecular weight is 276 g/mol. The monoisotopic (exact) mass is 276 g/mol. The van der Waals surface area contributed by atoms with Crippen LogP contribution in [0.5, 0.6) is 0 Å². The molecular formula is C10H14F2N4O3. The Balaban J connectivity index is 2.19. The molecule has 0 unspecified atom stereocenters. The summed E-state index contributed by atoms with van der Waals surface area (Å²) in [6.07, 6.45) is -4.09. The van der Waals surface area contributed by atoms with Crippen molar-refractivity contribution in [3.63, 3.8) is 0 Å². The molecule has 1 fully saturated rings. The lowest BCUT2D eigenvalue weighted by Crippen LogP contribution is -2.42. The molecule has 2 heterocycles. The highest BCUT2D eigenvalue weighted by atomic mass is 19.3. The third kappa shape index (κ3) is 2.31. The molecule has 1 aromatic rings. The van der Waals surface area contributed by atoms with Crippen LogP contribution in [0.15, 0.2) is 6.33 Å². The summed E-state index contributed by atoms with van der Waals surface area (Å²) in [6, 6.07) is 0. The number of hydrogen-bond acceptors (Lipinski definition) is 7. The molecule has 0 aliphatic carbocycles. The van der Waals surface area contributed by atoms with Crippen LogP contribution in [0.3, 0.4) is 0 Å². The molecule has 0 bridgehead atoms. The van der Waals surface area contributed by atoms with Crippen LogP contribution in [-0.4, -0.2) is 51.1 Å². The third-order valence-corrected chi connectivity index (χ3v) is 2.99. The number of alkyl halides is 2. The van der Waals surface area contributed by atoms with E-state index < -0.39 is 31.0 Å². The number of nitrogens with two attached hydrogens (primary N) is 1. The maximum Gasteiger partial charge on any atom is 0.305 e. The van der Waals surface area contributed by atoms with Crippen molar-refractivity contribution in [1.29, 1.82) is 0 Å². The van der Waals surface area contributed by atoms with E-state index in [1.54, 1.807) is 6.92 Å². The van der Waals surface area contributed by atoms with Crippen LogP contribution in [0.1, 0.15) is 5.56 Å². The fourth-order valence-electron chi connectivity index (χ4n) is 1.76. The number of halogens is 2. The van der Waals surface area contributed by atoms with Gasteiger partial charge in [-0.05, 0) is 6.92 Å². The second kappa shape index (κ2) is 4.83. The van der Waals surface area contributed by atoms with E-state index in [0.717, 1.165) is 6.33 Å². The molecule has 1 aliphatic rings. The first-order chi connectivity index (χ1) is 8.87. The lowest BCUT2D eigenvalue weighted by molar-refractivity contribution is -0.123. The average Bonchev–Trinajstić information content (AvgIpc) is 2.58. The topological polar surface area (TPSA) is 114 Å². The smallest absolute Gasteiger partial charge is 0.305 e. The predicted octanol–water partition coefficient (Wildman–Crippen LogP) is -0.507.